The van der Waals surface area contributed by atoms with Gasteiger partial charge < -0.3 is 9.88 Å². The van der Waals surface area contributed by atoms with Crippen molar-refractivity contribution in [2.75, 3.05) is 4.90 Å². The molecule has 0 unspecified atom stereocenters. The van der Waals surface area contributed by atoms with Gasteiger partial charge in [0.1, 0.15) is 5.82 Å². The van der Waals surface area contributed by atoms with Gasteiger partial charge in [0.25, 0.3) is 5.56 Å². The molecule has 3 aromatic rings. The molecule has 0 spiro atoms. The molecule has 0 amide bonds. The number of nitrogens with zero attached hydrogens (tertiary/aromatic N) is 2. The van der Waals surface area contributed by atoms with Gasteiger partial charge in [-0.1, -0.05) is 29.8 Å². The molecule has 1 N–H and O–H groups in total. The standard InChI is InChI=1S/C19H21N3O/c1-13(2)22(15-10-8-14(3)9-11-15)12-18-20-17-7-5-4-6-16(17)19(23)21-18/h4-11,13H,12H2,1-3H3,(H,20,21,23). The van der Waals surface area contributed by atoms with E-state index < -0.39 is 0 Å². The summed E-state index contributed by atoms with van der Waals surface area (Å²) in [5.41, 5.74) is 3.01. The summed E-state index contributed by atoms with van der Waals surface area (Å²) >= 11 is 0. The highest BCUT2D eigenvalue weighted by Crippen LogP contribution is 2.20. The number of hydrogen-bond acceptors (Lipinski definition) is 3. The summed E-state index contributed by atoms with van der Waals surface area (Å²) < 4.78 is 0. The number of H-pyrrole nitrogens is 1. The smallest absolute Gasteiger partial charge is 0.258 e. The van der Waals surface area contributed by atoms with Gasteiger partial charge in [0.15, 0.2) is 0 Å². The summed E-state index contributed by atoms with van der Waals surface area (Å²) in [6, 6.07) is 16.1. The first-order valence-electron chi connectivity index (χ1n) is 7.86. The topological polar surface area (TPSA) is 49.0 Å². The lowest BCUT2D eigenvalue weighted by atomic mass is 10.2. The Morgan fingerprint density at radius 1 is 1.09 bits per heavy atom. The number of hydrogen-bond donors (Lipinski definition) is 1. The van der Waals surface area contributed by atoms with E-state index in [1.807, 2.05) is 18.2 Å². The number of nitrogens with one attached hydrogen (secondary N) is 1. The van der Waals surface area contributed by atoms with E-state index in [1.54, 1.807) is 6.07 Å². The SMILES string of the molecule is Cc1ccc(N(Cc2nc3ccccc3c(=O)[nH]2)C(C)C)cc1. The molecular formula is C19H21N3O. The Morgan fingerprint density at radius 2 is 1.78 bits per heavy atom. The van der Waals surface area contributed by atoms with E-state index >= 15 is 0 Å². The highest BCUT2D eigenvalue weighted by Gasteiger charge is 2.13. The molecule has 1 heterocycles. The molecule has 0 aliphatic rings. The van der Waals surface area contributed by atoms with Gasteiger partial charge in [0.05, 0.1) is 17.4 Å². The molecule has 0 saturated carbocycles. The summed E-state index contributed by atoms with van der Waals surface area (Å²) in [4.78, 5) is 22.0. The molecule has 0 aliphatic heterocycles. The number of aryl methyl sites for hydroxylation is 1. The van der Waals surface area contributed by atoms with E-state index in [4.69, 9.17) is 0 Å². The van der Waals surface area contributed by atoms with Crippen molar-refractivity contribution in [1.82, 2.24) is 9.97 Å². The van der Waals surface area contributed by atoms with Crippen molar-refractivity contribution in [3.63, 3.8) is 0 Å². The molecule has 2 aromatic carbocycles. The van der Waals surface area contributed by atoms with Crippen LogP contribution < -0.4 is 10.5 Å². The monoisotopic (exact) mass is 307 g/mol. The Bertz CT molecular complexity index is 866. The first kappa shape index (κ1) is 15.3. The predicted molar refractivity (Wildman–Crippen MR) is 94.9 cm³/mol. The van der Waals surface area contributed by atoms with E-state index in [0.29, 0.717) is 23.8 Å². The lowest BCUT2D eigenvalue weighted by Gasteiger charge is -2.28. The Hall–Kier alpha value is -2.62. The second-order valence-corrected chi connectivity index (χ2v) is 6.09. The second kappa shape index (κ2) is 6.24. The van der Waals surface area contributed by atoms with Crippen molar-refractivity contribution in [2.45, 2.75) is 33.4 Å². The molecule has 0 aliphatic carbocycles. The minimum Gasteiger partial charge on any atom is -0.362 e. The quantitative estimate of drug-likeness (QED) is 0.800. The third kappa shape index (κ3) is 3.26. The molecule has 0 radical (unpaired) electrons. The molecule has 0 fully saturated rings. The van der Waals surface area contributed by atoms with Crippen LogP contribution in [0.15, 0.2) is 53.3 Å². The number of rotatable bonds is 4. The number of para-hydroxylation sites is 1. The molecule has 4 nitrogen and oxygen atoms in total. The molecule has 0 atom stereocenters. The van der Waals surface area contributed by atoms with Crippen LogP contribution >= 0.6 is 0 Å². The number of anilines is 1. The molecule has 0 saturated heterocycles. The van der Waals surface area contributed by atoms with Gasteiger partial charge in [-0.15, -0.1) is 0 Å². The largest absolute Gasteiger partial charge is 0.362 e. The highest BCUT2D eigenvalue weighted by atomic mass is 16.1. The molecule has 3 rings (SSSR count). The fourth-order valence-electron chi connectivity index (χ4n) is 2.68. The van der Waals surface area contributed by atoms with Crippen molar-refractivity contribution in [3.05, 3.63) is 70.3 Å². The Kier molecular flexibility index (Phi) is 4.15. The third-order valence-corrected chi connectivity index (χ3v) is 3.97. The summed E-state index contributed by atoms with van der Waals surface area (Å²) in [5, 5.41) is 0.627. The van der Waals surface area contributed by atoms with Gasteiger partial charge in [-0.3, -0.25) is 4.79 Å². The van der Waals surface area contributed by atoms with Gasteiger partial charge >= 0.3 is 0 Å². The van der Waals surface area contributed by atoms with Gasteiger partial charge in [0, 0.05) is 11.7 Å². The van der Waals surface area contributed by atoms with Crippen molar-refractivity contribution in [1.29, 1.82) is 0 Å². The lowest BCUT2D eigenvalue weighted by Crippen LogP contribution is -2.31. The van der Waals surface area contributed by atoms with Crippen LogP contribution in [0.3, 0.4) is 0 Å². The van der Waals surface area contributed by atoms with E-state index in [9.17, 15) is 4.79 Å². The Morgan fingerprint density at radius 3 is 2.48 bits per heavy atom. The number of benzene rings is 2. The normalized spacial score (nSPS) is 11.1. The van der Waals surface area contributed by atoms with Crippen LogP contribution in [-0.2, 0) is 6.54 Å². The van der Waals surface area contributed by atoms with Gasteiger partial charge in [0.2, 0.25) is 0 Å². The average molecular weight is 307 g/mol. The fourth-order valence-corrected chi connectivity index (χ4v) is 2.68. The van der Waals surface area contributed by atoms with Crippen LogP contribution in [0.25, 0.3) is 10.9 Å². The summed E-state index contributed by atoms with van der Waals surface area (Å²) in [5.74, 6) is 0.683. The Labute approximate surface area is 135 Å². The minimum atomic E-state index is -0.0850. The number of aromatic nitrogens is 2. The number of fused-ring (bicyclic) bond motifs is 1. The summed E-state index contributed by atoms with van der Waals surface area (Å²) in [7, 11) is 0. The zero-order chi connectivity index (χ0) is 16.4. The van der Waals surface area contributed by atoms with E-state index in [1.165, 1.54) is 5.56 Å². The average Bonchev–Trinajstić information content (AvgIpc) is 2.53. The first-order valence-corrected chi connectivity index (χ1v) is 7.86. The third-order valence-electron chi connectivity index (χ3n) is 3.97. The van der Waals surface area contributed by atoms with E-state index in [-0.39, 0.29) is 5.56 Å². The molecule has 0 bridgehead atoms. The molecule has 1 aromatic heterocycles. The fraction of sp³-hybridized carbons (Fsp3) is 0.263. The molecule has 118 valence electrons. The molecular weight excluding hydrogens is 286 g/mol. The van der Waals surface area contributed by atoms with Crippen molar-refractivity contribution >= 4 is 16.6 Å². The minimum absolute atomic E-state index is 0.0850. The van der Waals surface area contributed by atoms with Crippen molar-refractivity contribution < 1.29 is 0 Å². The van der Waals surface area contributed by atoms with Gasteiger partial charge in [-0.2, -0.15) is 0 Å². The second-order valence-electron chi connectivity index (χ2n) is 6.09. The molecule has 23 heavy (non-hydrogen) atoms. The van der Waals surface area contributed by atoms with Crippen LogP contribution in [0.2, 0.25) is 0 Å². The van der Waals surface area contributed by atoms with E-state index in [0.717, 1.165) is 11.2 Å². The summed E-state index contributed by atoms with van der Waals surface area (Å²) in [6.45, 7) is 6.92. The van der Waals surface area contributed by atoms with Crippen LogP contribution in [0.5, 0.6) is 0 Å². The van der Waals surface area contributed by atoms with Gasteiger partial charge in [-0.05, 0) is 45.0 Å². The van der Waals surface area contributed by atoms with Gasteiger partial charge in [-0.25, -0.2) is 4.98 Å². The summed E-state index contributed by atoms with van der Waals surface area (Å²) in [6.07, 6.45) is 0. The predicted octanol–water partition coefficient (Wildman–Crippen LogP) is 3.65. The maximum absolute atomic E-state index is 12.2. The van der Waals surface area contributed by atoms with Crippen LogP contribution in [0.4, 0.5) is 5.69 Å². The van der Waals surface area contributed by atoms with Crippen molar-refractivity contribution in [2.24, 2.45) is 0 Å². The first-order chi connectivity index (χ1) is 11.0. The van der Waals surface area contributed by atoms with Crippen LogP contribution in [-0.4, -0.2) is 16.0 Å². The number of aromatic amines is 1. The van der Waals surface area contributed by atoms with Crippen molar-refractivity contribution in [3.8, 4) is 0 Å². The maximum Gasteiger partial charge on any atom is 0.258 e. The zero-order valence-electron chi connectivity index (χ0n) is 13.7. The van der Waals surface area contributed by atoms with Crippen LogP contribution in [0.1, 0.15) is 25.2 Å². The molecule has 4 heteroatoms. The van der Waals surface area contributed by atoms with E-state index in [2.05, 4.69) is 59.9 Å². The highest BCUT2D eigenvalue weighted by molar-refractivity contribution is 5.77. The van der Waals surface area contributed by atoms with Crippen LogP contribution in [0, 0.1) is 6.92 Å². The Balaban J connectivity index is 1.97. The maximum atomic E-state index is 12.2. The zero-order valence-corrected chi connectivity index (χ0v) is 13.7. The lowest BCUT2D eigenvalue weighted by molar-refractivity contribution is 0.662.